The van der Waals surface area contributed by atoms with Crippen molar-refractivity contribution in [3.8, 4) is 22.8 Å². The maximum Gasteiger partial charge on any atom is 0.161 e. The normalized spacial score (nSPS) is 10.9. The third kappa shape index (κ3) is 3.08. The molecule has 4 rings (SSSR count). The Bertz CT molecular complexity index is 1130. The van der Waals surface area contributed by atoms with Crippen molar-refractivity contribution in [3.63, 3.8) is 0 Å². The first-order valence-electron chi connectivity index (χ1n) is 8.75. The van der Waals surface area contributed by atoms with E-state index in [1.54, 1.807) is 19.2 Å². The van der Waals surface area contributed by atoms with Crippen molar-refractivity contribution in [1.29, 1.82) is 0 Å². The smallest absolute Gasteiger partial charge is 0.161 e. The number of methoxy groups -OCH3 is 1. The molecule has 136 valence electrons. The number of aromatic hydroxyl groups is 1. The van der Waals surface area contributed by atoms with Crippen molar-refractivity contribution in [2.75, 3.05) is 12.4 Å². The van der Waals surface area contributed by atoms with Crippen LogP contribution >= 0.6 is 0 Å². The number of para-hydroxylation sites is 1. The van der Waals surface area contributed by atoms with Crippen LogP contribution in [0.4, 0.5) is 11.5 Å². The Balaban J connectivity index is 1.93. The van der Waals surface area contributed by atoms with Crippen LogP contribution in [0, 0.1) is 13.8 Å². The number of benzene rings is 2. The average Bonchev–Trinajstić information content (AvgIpc) is 3.02. The largest absolute Gasteiger partial charge is 0.504 e. The molecule has 0 aliphatic carbocycles. The third-order valence-electron chi connectivity index (χ3n) is 4.62. The third-order valence-corrected chi connectivity index (χ3v) is 4.62. The monoisotopic (exact) mass is 359 g/mol. The Labute approximate surface area is 157 Å². The second-order valence-corrected chi connectivity index (χ2v) is 6.57. The summed E-state index contributed by atoms with van der Waals surface area (Å²) in [7, 11) is 1.54. The number of aryl methyl sites for hydroxylation is 2. The predicted octanol–water partition coefficient (Wildman–Crippen LogP) is 5.08. The number of imidazole rings is 1. The van der Waals surface area contributed by atoms with Crippen molar-refractivity contribution >= 4 is 17.2 Å². The molecule has 27 heavy (non-hydrogen) atoms. The summed E-state index contributed by atoms with van der Waals surface area (Å²) in [5, 5.41) is 13.5. The molecule has 2 aromatic heterocycles. The highest BCUT2D eigenvalue weighted by atomic mass is 16.5. The maximum absolute atomic E-state index is 9.93. The molecule has 0 aliphatic rings. The van der Waals surface area contributed by atoms with Gasteiger partial charge < -0.3 is 15.2 Å². The Morgan fingerprint density at radius 1 is 1.04 bits per heavy atom. The quantitative estimate of drug-likeness (QED) is 0.534. The Hall–Kier alpha value is -3.47. The maximum atomic E-state index is 9.93. The van der Waals surface area contributed by atoms with Crippen LogP contribution in [0.25, 0.3) is 16.9 Å². The van der Waals surface area contributed by atoms with Gasteiger partial charge in [-0.25, -0.2) is 4.98 Å². The first-order valence-corrected chi connectivity index (χ1v) is 8.75. The van der Waals surface area contributed by atoms with E-state index in [0.29, 0.717) is 5.75 Å². The van der Waals surface area contributed by atoms with E-state index in [2.05, 4.69) is 35.8 Å². The van der Waals surface area contributed by atoms with E-state index in [9.17, 15) is 5.11 Å². The van der Waals surface area contributed by atoms with E-state index in [1.807, 2.05) is 36.4 Å². The summed E-state index contributed by atoms with van der Waals surface area (Å²) in [6.07, 6.45) is 2.06. The van der Waals surface area contributed by atoms with Gasteiger partial charge >= 0.3 is 0 Å². The number of phenolic OH excluding ortho intramolecular Hbond substituents is 1. The second kappa shape index (κ2) is 6.68. The zero-order chi connectivity index (χ0) is 19.0. The second-order valence-electron chi connectivity index (χ2n) is 6.57. The number of nitrogens with zero attached hydrogens (tertiary/aromatic N) is 2. The van der Waals surface area contributed by atoms with Crippen LogP contribution in [0.1, 0.15) is 11.1 Å². The Kier molecular flexibility index (Phi) is 4.20. The molecule has 0 saturated carbocycles. The SMILES string of the molecule is COc1cc(-c2nc3ccc(C)cn3c2Nc2ccccc2C)ccc1O. The van der Waals surface area contributed by atoms with Gasteiger partial charge in [0.05, 0.1) is 7.11 Å². The van der Waals surface area contributed by atoms with Crippen LogP contribution in [-0.4, -0.2) is 21.6 Å². The Morgan fingerprint density at radius 2 is 1.85 bits per heavy atom. The van der Waals surface area contributed by atoms with E-state index in [4.69, 9.17) is 9.72 Å². The minimum absolute atomic E-state index is 0.106. The number of nitrogens with one attached hydrogen (secondary N) is 1. The molecule has 2 heterocycles. The molecule has 2 N–H and O–H groups in total. The summed E-state index contributed by atoms with van der Waals surface area (Å²) in [5.74, 6) is 1.40. The van der Waals surface area contributed by atoms with E-state index in [1.165, 1.54) is 0 Å². The molecule has 0 radical (unpaired) electrons. The van der Waals surface area contributed by atoms with Gasteiger partial charge in [-0.3, -0.25) is 4.40 Å². The molecule has 2 aromatic carbocycles. The van der Waals surface area contributed by atoms with Crippen LogP contribution < -0.4 is 10.1 Å². The molecule has 0 aliphatic heterocycles. The molecule has 0 unspecified atom stereocenters. The van der Waals surface area contributed by atoms with Crippen LogP contribution in [0.2, 0.25) is 0 Å². The lowest BCUT2D eigenvalue weighted by atomic mass is 10.1. The van der Waals surface area contributed by atoms with Gasteiger partial charge in [0.1, 0.15) is 17.2 Å². The van der Waals surface area contributed by atoms with Crippen LogP contribution in [-0.2, 0) is 0 Å². The van der Waals surface area contributed by atoms with Crippen LogP contribution in [0.3, 0.4) is 0 Å². The number of fused-ring (bicyclic) bond motifs is 1. The minimum atomic E-state index is 0.106. The number of rotatable bonds is 4. The molecule has 5 heteroatoms. The number of ether oxygens (including phenoxy) is 1. The first-order chi connectivity index (χ1) is 13.1. The van der Waals surface area contributed by atoms with E-state index >= 15 is 0 Å². The Morgan fingerprint density at radius 3 is 2.63 bits per heavy atom. The molecule has 0 spiro atoms. The van der Waals surface area contributed by atoms with Crippen molar-refractivity contribution in [3.05, 3.63) is 71.9 Å². The van der Waals surface area contributed by atoms with Gasteiger partial charge in [0.15, 0.2) is 11.5 Å². The fourth-order valence-corrected chi connectivity index (χ4v) is 3.14. The summed E-state index contributed by atoms with van der Waals surface area (Å²) >= 11 is 0. The highest BCUT2D eigenvalue weighted by molar-refractivity contribution is 5.81. The van der Waals surface area contributed by atoms with Crippen molar-refractivity contribution in [2.45, 2.75) is 13.8 Å². The van der Waals surface area contributed by atoms with Gasteiger partial charge in [0, 0.05) is 17.4 Å². The number of hydrogen-bond acceptors (Lipinski definition) is 4. The van der Waals surface area contributed by atoms with Crippen molar-refractivity contribution < 1.29 is 9.84 Å². The first kappa shape index (κ1) is 17.0. The summed E-state index contributed by atoms with van der Waals surface area (Å²) in [6.45, 7) is 4.13. The van der Waals surface area contributed by atoms with E-state index in [-0.39, 0.29) is 5.75 Å². The number of hydrogen-bond donors (Lipinski definition) is 2. The number of pyridine rings is 1. The number of anilines is 2. The van der Waals surface area contributed by atoms with Crippen LogP contribution in [0.15, 0.2) is 60.8 Å². The van der Waals surface area contributed by atoms with Gasteiger partial charge in [0.2, 0.25) is 0 Å². The highest BCUT2D eigenvalue weighted by Gasteiger charge is 2.17. The van der Waals surface area contributed by atoms with Gasteiger partial charge in [-0.15, -0.1) is 0 Å². The lowest BCUT2D eigenvalue weighted by Gasteiger charge is -2.12. The summed E-state index contributed by atoms with van der Waals surface area (Å²) < 4.78 is 7.32. The topological polar surface area (TPSA) is 58.8 Å². The summed E-state index contributed by atoms with van der Waals surface area (Å²) in [6, 6.07) is 17.5. The molecule has 0 saturated heterocycles. The molecule has 0 atom stereocenters. The molecule has 4 aromatic rings. The minimum Gasteiger partial charge on any atom is -0.504 e. The van der Waals surface area contributed by atoms with Crippen molar-refractivity contribution in [2.24, 2.45) is 0 Å². The zero-order valence-corrected chi connectivity index (χ0v) is 15.5. The standard InChI is InChI=1S/C22H21N3O2/c1-14-8-11-20-24-21(16-9-10-18(26)19(12-16)27-3)22(25(20)13-14)23-17-7-5-4-6-15(17)2/h4-13,23,26H,1-3H3. The van der Waals surface area contributed by atoms with Gasteiger partial charge in [-0.1, -0.05) is 24.3 Å². The predicted molar refractivity (Wildman–Crippen MR) is 108 cm³/mol. The van der Waals surface area contributed by atoms with E-state index < -0.39 is 0 Å². The lowest BCUT2D eigenvalue weighted by molar-refractivity contribution is 0.373. The highest BCUT2D eigenvalue weighted by Crippen LogP contribution is 2.36. The molecule has 0 fully saturated rings. The molecular weight excluding hydrogens is 338 g/mol. The lowest BCUT2D eigenvalue weighted by Crippen LogP contribution is -1.99. The fraction of sp³-hybridized carbons (Fsp3) is 0.136. The van der Waals surface area contributed by atoms with Crippen LogP contribution in [0.5, 0.6) is 11.5 Å². The zero-order valence-electron chi connectivity index (χ0n) is 15.5. The van der Waals surface area contributed by atoms with E-state index in [0.717, 1.165) is 39.5 Å². The number of phenols is 1. The molecule has 5 nitrogen and oxygen atoms in total. The molecular formula is C22H21N3O2. The fourth-order valence-electron chi connectivity index (χ4n) is 3.14. The van der Waals surface area contributed by atoms with Gasteiger partial charge in [-0.05, 0) is 55.3 Å². The number of aromatic nitrogens is 2. The average molecular weight is 359 g/mol. The van der Waals surface area contributed by atoms with Gasteiger partial charge in [-0.2, -0.15) is 0 Å². The molecule has 0 amide bonds. The van der Waals surface area contributed by atoms with Crippen molar-refractivity contribution in [1.82, 2.24) is 9.38 Å². The summed E-state index contributed by atoms with van der Waals surface area (Å²) in [5.41, 5.74) is 5.81. The van der Waals surface area contributed by atoms with Gasteiger partial charge in [0.25, 0.3) is 0 Å². The summed E-state index contributed by atoms with van der Waals surface area (Å²) in [4.78, 5) is 4.82. The molecule has 0 bridgehead atoms.